The fourth-order valence-corrected chi connectivity index (χ4v) is 4.02. The molecular weight excluding hydrogens is 477 g/mol. The van der Waals surface area contributed by atoms with Gasteiger partial charge in [-0.15, -0.1) is 10.2 Å². The standard InChI is InChI=1S/C24H19Cl2N5OS/c1-16(17-5-3-2-4-6-17)27-28-22(32)15-33-24-30-29-23(18-7-9-19(25)10-8-18)31(24)21-13-11-20(26)12-14-21/h2-14H,15H2,1H3,(H,28,32)/b27-16+. The number of aromatic nitrogens is 3. The number of hydrogen-bond acceptors (Lipinski definition) is 5. The van der Waals surface area contributed by atoms with Crippen molar-refractivity contribution in [3.05, 3.63) is 94.5 Å². The van der Waals surface area contributed by atoms with E-state index < -0.39 is 0 Å². The highest BCUT2D eigenvalue weighted by molar-refractivity contribution is 7.99. The molecule has 0 atom stereocenters. The van der Waals surface area contributed by atoms with Gasteiger partial charge in [-0.3, -0.25) is 9.36 Å². The predicted octanol–water partition coefficient (Wildman–Crippen LogP) is 5.87. The summed E-state index contributed by atoms with van der Waals surface area (Å²) in [5.41, 5.74) is 5.95. The molecule has 33 heavy (non-hydrogen) atoms. The number of carbonyl (C=O) groups excluding carboxylic acids is 1. The van der Waals surface area contributed by atoms with Crippen LogP contribution in [-0.2, 0) is 4.79 Å². The van der Waals surface area contributed by atoms with Crippen LogP contribution in [0.5, 0.6) is 0 Å². The molecule has 0 saturated heterocycles. The van der Waals surface area contributed by atoms with E-state index in [9.17, 15) is 4.79 Å². The molecule has 6 nitrogen and oxygen atoms in total. The number of carbonyl (C=O) groups is 1. The van der Waals surface area contributed by atoms with Crippen LogP contribution in [0.15, 0.2) is 89.1 Å². The number of hydrogen-bond donors (Lipinski definition) is 1. The monoisotopic (exact) mass is 495 g/mol. The number of benzene rings is 3. The third-order valence-corrected chi connectivity index (χ3v) is 6.13. The van der Waals surface area contributed by atoms with Gasteiger partial charge < -0.3 is 0 Å². The fraction of sp³-hybridized carbons (Fsp3) is 0.0833. The summed E-state index contributed by atoms with van der Waals surface area (Å²) in [7, 11) is 0. The molecule has 1 heterocycles. The summed E-state index contributed by atoms with van der Waals surface area (Å²) in [5.74, 6) is 0.515. The van der Waals surface area contributed by atoms with Crippen LogP contribution in [0, 0.1) is 0 Å². The Balaban J connectivity index is 1.54. The van der Waals surface area contributed by atoms with Gasteiger partial charge in [0.1, 0.15) is 0 Å². The van der Waals surface area contributed by atoms with Gasteiger partial charge in [-0.25, -0.2) is 5.43 Å². The van der Waals surface area contributed by atoms with Gasteiger partial charge in [-0.05, 0) is 61.0 Å². The summed E-state index contributed by atoms with van der Waals surface area (Å²) < 4.78 is 1.88. The molecule has 0 aliphatic rings. The Kier molecular flexibility index (Phi) is 7.44. The molecule has 0 radical (unpaired) electrons. The summed E-state index contributed by atoms with van der Waals surface area (Å²) in [6.07, 6.45) is 0. The lowest BCUT2D eigenvalue weighted by atomic mass is 10.1. The van der Waals surface area contributed by atoms with E-state index in [2.05, 4.69) is 20.7 Å². The number of nitrogens with one attached hydrogen (secondary N) is 1. The first-order valence-corrected chi connectivity index (χ1v) is 11.7. The van der Waals surface area contributed by atoms with Crippen LogP contribution in [0.3, 0.4) is 0 Å². The fourth-order valence-electron chi connectivity index (χ4n) is 3.02. The molecule has 4 rings (SSSR count). The van der Waals surface area contributed by atoms with E-state index in [0.29, 0.717) is 21.0 Å². The van der Waals surface area contributed by atoms with Gasteiger partial charge in [0, 0.05) is 21.3 Å². The molecule has 1 N–H and O–H groups in total. The second-order valence-corrected chi connectivity index (χ2v) is 8.83. The van der Waals surface area contributed by atoms with E-state index in [4.69, 9.17) is 23.2 Å². The van der Waals surface area contributed by atoms with Crippen LogP contribution in [0.1, 0.15) is 12.5 Å². The zero-order chi connectivity index (χ0) is 23.2. The van der Waals surface area contributed by atoms with Crippen molar-refractivity contribution in [3.8, 4) is 17.1 Å². The molecule has 9 heteroatoms. The van der Waals surface area contributed by atoms with Crippen LogP contribution in [-0.4, -0.2) is 32.1 Å². The lowest BCUT2D eigenvalue weighted by Crippen LogP contribution is -2.21. The van der Waals surface area contributed by atoms with Crippen LogP contribution in [0.4, 0.5) is 0 Å². The Morgan fingerprint density at radius 1 is 0.939 bits per heavy atom. The summed E-state index contributed by atoms with van der Waals surface area (Å²) in [6.45, 7) is 1.85. The molecule has 0 aliphatic heterocycles. The number of nitrogens with zero attached hydrogens (tertiary/aromatic N) is 4. The summed E-state index contributed by atoms with van der Waals surface area (Å²) in [4.78, 5) is 12.4. The van der Waals surface area contributed by atoms with E-state index in [0.717, 1.165) is 22.5 Å². The van der Waals surface area contributed by atoms with Crippen molar-refractivity contribution in [2.24, 2.45) is 5.10 Å². The maximum Gasteiger partial charge on any atom is 0.250 e. The molecule has 1 amide bonds. The molecule has 1 aromatic heterocycles. The average molecular weight is 496 g/mol. The maximum atomic E-state index is 12.4. The highest BCUT2D eigenvalue weighted by atomic mass is 35.5. The number of amides is 1. The summed E-state index contributed by atoms with van der Waals surface area (Å²) in [6, 6.07) is 24.3. The second kappa shape index (κ2) is 10.7. The zero-order valence-corrected chi connectivity index (χ0v) is 19.9. The Morgan fingerprint density at radius 2 is 1.58 bits per heavy atom. The van der Waals surface area contributed by atoms with Gasteiger partial charge in [-0.1, -0.05) is 65.3 Å². The Bertz CT molecular complexity index is 1270. The number of hydrazone groups is 1. The van der Waals surface area contributed by atoms with Crippen molar-refractivity contribution in [2.75, 3.05) is 5.75 Å². The van der Waals surface area contributed by atoms with E-state index >= 15 is 0 Å². The molecule has 0 bridgehead atoms. The van der Waals surface area contributed by atoms with E-state index in [1.165, 1.54) is 11.8 Å². The first kappa shape index (κ1) is 23.0. The first-order chi connectivity index (χ1) is 16.0. The topological polar surface area (TPSA) is 72.2 Å². The minimum Gasteiger partial charge on any atom is -0.272 e. The van der Waals surface area contributed by atoms with Crippen LogP contribution in [0.2, 0.25) is 10.0 Å². The lowest BCUT2D eigenvalue weighted by Gasteiger charge is -2.10. The minimum absolute atomic E-state index is 0.123. The minimum atomic E-state index is -0.242. The second-order valence-electron chi connectivity index (χ2n) is 7.01. The average Bonchev–Trinajstić information content (AvgIpc) is 3.26. The van der Waals surface area contributed by atoms with Crippen molar-refractivity contribution < 1.29 is 4.79 Å². The molecule has 0 aliphatic carbocycles. The summed E-state index contributed by atoms with van der Waals surface area (Å²) >= 11 is 13.4. The Hall–Kier alpha value is -3.13. The quantitative estimate of drug-likeness (QED) is 0.197. The Labute approximate surface area is 205 Å². The third kappa shape index (κ3) is 5.82. The van der Waals surface area contributed by atoms with Gasteiger partial charge >= 0.3 is 0 Å². The van der Waals surface area contributed by atoms with Crippen LogP contribution < -0.4 is 5.43 Å². The van der Waals surface area contributed by atoms with E-state index in [1.807, 2.05) is 66.1 Å². The molecule has 0 unspecified atom stereocenters. The molecular formula is C24H19Cl2N5OS. The SMILES string of the molecule is C/C(=N\NC(=O)CSc1nnc(-c2ccc(Cl)cc2)n1-c1ccc(Cl)cc1)c1ccccc1. The Morgan fingerprint density at radius 3 is 2.24 bits per heavy atom. The van der Waals surface area contributed by atoms with Gasteiger partial charge in [0.25, 0.3) is 5.91 Å². The molecule has 4 aromatic rings. The summed E-state index contributed by atoms with van der Waals surface area (Å²) in [5, 5.41) is 14.7. The largest absolute Gasteiger partial charge is 0.272 e. The predicted molar refractivity (Wildman–Crippen MR) is 134 cm³/mol. The highest BCUT2D eigenvalue weighted by Gasteiger charge is 2.17. The smallest absolute Gasteiger partial charge is 0.250 e. The maximum absolute atomic E-state index is 12.4. The van der Waals surface area contributed by atoms with Crippen LogP contribution >= 0.6 is 35.0 Å². The van der Waals surface area contributed by atoms with Crippen molar-refractivity contribution in [3.63, 3.8) is 0 Å². The number of thioether (sulfide) groups is 1. The molecule has 0 saturated carbocycles. The highest BCUT2D eigenvalue weighted by Crippen LogP contribution is 2.29. The van der Waals surface area contributed by atoms with E-state index in [1.54, 1.807) is 24.3 Å². The normalized spacial score (nSPS) is 11.4. The molecule has 166 valence electrons. The number of halogens is 2. The van der Waals surface area contributed by atoms with Gasteiger partial charge in [0.05, 0.1) is 11.5 Å². The van der Waals surface area contributed by atoms with Crippen molar-refractivity contribution in [1.82, 2.24) is 20.2 Å². The third-order valence-electron chi connectivity index (χ3n) is 4.69. The van der Waals surface area contributed by atoms with Gasteiger partial charge in [0.15, 0.2) is 11.0 Å². The van der Waals surface area contributed by atoms with Crippen molar-refractivity contribution >= 4 is 46.6 Å². The van der Waals surface area contributed by atoms with Crippen molar-refractivity contribution in [2.45, 2.75) is 12.1 Å². The molecule has 0 fully saturated rings. The van der Waals surface area contributed by atoms with Crippen LogP contribution in [0.25, 0.3) is 17.1 Å². The van der Waals surface area contributed by atoms with E-state index in [-0.39, 0.29) is 11.7 Å². The van der Waals surface area contributed by atoms with Crippen molar-refractivity contribution in [1.29, 1.82) is 0 Å². The number of rotatable bonds is 7. The molecule has 0 spiro atoms. The first-order valence-electron chi connectivity index (χ1n) is 10.00. The zero-order valence-electron chi connectivity index (χ0n) is 17.6. The molecule has 3 aromatic carbocycles. The van der Waals surface area contributed by atoms with Gasteiger partial charge in [0.2, 0.25) is 0 Å². The lowest BCUT2D eigenvalue weighted by molar-refractivity contribution is -0.118. The van der Waals surface area contributed by atoms with Gasteiger partial charge in [-0.2, -0.15) is 5.10 Å².